The highest BCUT2D eigenvalue weighted by Crippen LogP contribution is 2.24. The molecular weight excluding hydrogens is 294 g/mol. The molecule has 2 nitrogen and oxygen atoms in total. The number of hydrogen-bond acceptors (Lipinski definition) is 1. The maximum Gasteiger partial charge on any atom is 0.224 e. The summed E-state index contributed by atoms with van der Waals surface area (Å²) in [5, 5.41) is 3.14. The summed E-state index contributed by atoms with van der Waals surface area (Å²) in [4.78, 5) is 12.3. The fraction of sp³-hybridized carbons (Fsp3) is 0.409. The predicted molar refractivity (Wildman–Crippen MR) is 99.2 cm³/mol. The average molecular weight is 321 g/mol. The minimum Gasteiger partial charge on any atom is -0.349 e. The van der Waals surface area contributed by atoms with E-state index in [0.717, 1.165) is 12.0 Å². The summed E-state index contributed by atoms with van der Waals surface area (Å²) in [5.41, 5.74) is 6.55. The molecule has 0 fully saturated rings. The molecule has 0 aliphatic heterocycles. The summed E-state index contributed by atoms with van der Waals surface area (Å²) in [6.07, 6.45) is 6.43. The van der Waals surface area contributed by atoms with Gasteiger partial charge in [0.1, 0.15) is 0 Å². The van der Waals surface area contributed by atoms with Crippen LogP contribution in [0.1, 0.15) is 60.5 Å². The molecule has 0 saturated carbocycles. The van der Waals surface area contributed by atoms with Crippen molar-refractivity contribution in [2.75, 3.05) is 0 Å². The molecule has 1 N–H and O–H groups in total. The fourth-order valence-electron chi connectivity index (χ4n) is 3.48. The van der Waals surface area contributed by atoms with E-state index >= 15 is 0 Å². The Hall–Kier alpha value is -2.09. The zero-order valence-electron chi connectivity index (χ0n) is 14.8. The summed E-state index contributed by atoms with van der Waals surface area (Å²) < 4.78 is 0. The van der Waals surface area contributed by atoms with E-state index in [1.54, 1.807) is 0 Å². The van der Waals surface area contributed by atoms with Crippen LogP contribution in [0.15, 0.2) is 42.5 Å². The molecule has 2 heteroatoms. The van der Waals surface area contributed by atoms with E-state index in [1.165, 1.54) is 47.9 Å². The van der Waals surface area contributed by atoms with Crippen molar-refractivity contribution in [3.63, 3.8) is 0 Å². The van der Waals surface area contributed by atoms with Crippen molar-refractivity contribution in [3.8, 4) is 0 Å². The second-order valence-corrected chi connectivity index (χ2v) is 6.87. The molecule has 0 spiro atoms. The normalized spacial score (nSPS) is 14.8. The molecule has 126 valence electrons. The van der Waals surface area contributed by atoms with Gasteiger partial charge >= 0.3 is 0 Å². The number of aryl methyl sites for hydroxylation is 3. The van der Waals surface area contributed by atoms with Crippen LogP contribution in [0.25, 0.3) is 0 Å². The topological polar surface area (TPSA) is 29.1 Å². The van der Waals surface area contributed by atoms with Crippen molar-refractivity contribution < 1.29 is 4.79 Å². The minimum atomic E-state index is 0.0552. The lowest BCUT2D eigenvalue weighted by Gasteiger charge is -2.20. The molecule has 0 heterocycles. The van der Waals surface area contributed by atoms with Crippen LogP contribution in [0.5, 0.6) is 0 Å². The van der Waals surface area contributed by atoms with Gasteiger partial charge in [-0.15, -0.1) is 0 Å². The van der Waals surface area contributed by atoms with Gasteiger partial charge in [0.05, 0.1) is 12.5 Å². The average Bonchev–Trinajstić information content (AvgIpc) is 2.61. The van der Waals surface area contributed by atoms with Gasteiger partial charge in [-0.25, -0.2) is 0 Å². The Labute approximate surface area is 145 Å². The predicted octanol–water partition coefficient (Wildman–Crippen LogP) is 4.55. The van der Waals surface area contributed by atoms with Gasteiger partial charge in [-0.2, -0.15) is 0 Å². The number of fused-ring (bicyclic) bond motifs is 1. The second-order valence-electron chi connectivity index (χ2n) is 6.87. The van der Waals surface area contributed by atoms with Crippen molar-refractivity contribution in [3.05, 3.63) is 70.3 Å². The number of carbonyl (C=O) groups is 1. The van der Waals surface area contributed by atoms with Crippen LogP contribution in [0.4, 0.5) is 0 Å². The number of carbonyl (C=O) groups excluding carboxylic acids is 1. The van der Waals surface area contributed by atoms with E-state index in [1.807, 2.05) is 0 Å². The zero-order valence-corrected chi connectivity index (χ0v) is 14.8. The third-order valence-electron chi connectivity index (χ3n) is 5.05. The number of amides is 1. The SMILES string of the molecule is CCc1ccc(CC(=O)N[C@@H](C)c2ccc3c(c2)CCCC3)cc1. The number of hydrogen-bond donors (Lipinski definition) is 1. The molecule has 0 aromatic heterocycles. The molecule has 1 amide bonds. The summed E-state index contributed by atoms with van der Waals surface area (Å²) in [5.74, 6) is 0.0875. The number of rotatable bonds is 5. The van der Waals surface area contributed by atoms with Crippen molar-refractivity contribution in [1.29, 1.82) is 0 Å². The van der Waals surface area contributed by atoms with Crippen molar-refractivity contribution in [1.82, 2.24) is 5.32 Å². The lowest BCUT2D eigenvalue weighted by Crippen LogP contribution is -2.28. The third-order valence-corrected chi connectivity index (χ3v) is 5.05. The van der Waals surface area contributed by atoms with Gasteiger partial charge in [-0.05, 0) is 66.8 Å². The largest absolute Gasteiger partial charge is 0.349 e. The summed E-state index contributed by atoms with van der Waals surface area (Å²) >= 11 is 0. The smallest absolute Gasteiger partial charge is 0.224 e. The molecule has 0 radical (unpaired) electrons. The van der Waals surface area contributed by atoms with E-state index < -0.39 is 0 Å². The molecule has 1 aliphatic carbocycles. The molecule has 1 aliphatic rings. The lowest BCUT2D eigenvalue weighted by molar-refractivity contribution is -0.121. The summed E-state index contributed by atoms with van der Waals surface area (Å²) in [6, 6.07) is 15.1. The van der Waals surface area contributed by atoms with Crippen LogP contribution in [-0.4, -0.2) is 5.91 Å². The maximum absolute atomic E-state index is 12.3. The monoisotopic (exact) mass is 321 g/mol. The van der Waals surface area contributed by atoms with Gasteiger partial charge in [0.25, 0.3) is 0 Å². The Morgan fingerprint density at radius 3 is 2.38 bits per heavy atom. The first-order valence-corrected chi connectivity index (χ1v) is 9.14. The van der Waals surface area contributed by atoms with Crippen molar-refractivity contribution in [2.45, 2.75) is 58.4 Å². The van der Waals surface area contributed by atoms with Gasteiger partial charge in [0.2, 0.25) is 5.91 Å². The standard InChI is InChI=1S/C22H27NO/c1-3-17-8-10-18(11-9-17)14-22(24)23-16(2)20-13-12-19-6-4-5-7-21(19)15-20/h8-13,15-16H,3-7,14H2,1-2H3,(H,23,24)/t16-/m0/s1. The molecule has 0 bridgehead atoms. The van der Waals surface area contributed by atoms with E-state index in [0.29, 0.717) is 6.42 Å². The highest BCUT2D eigenvalue weighted by Gasteiger charge is 2.14. The Bertz CT molecular complexity index is 702. The van der Waals surface area contributed by atoms with Crippen LogP contribution >= 0.6 is 0 Å². The van der Waals surface area contributed by atoms with Gasteiger partial charge in [-0.1, -0.05) is 49.4 Å². The summed E-state index contributed by atoms with van der Waals surface area (Å²) in [7, 11) is 0. The molecule has 2 aromatic rings. The first-order valence-electron chi connectivity index (χ1n) is 9.14. The van der Waals surface area contributed by atoms with E-state index in [-0.39, 0.29) is 11.9 Å². The fourth-order valence-corrected chi connectivity index (χ4v) is 3.48. The van der Waals surface area contributed by atoms with Crippen LogP contribution in [0.3, 0.4) is 0 Å². The summed E-state index contributed by atoms with van der Waals surface area (Å²) in [6.45, 7) is 4.21. The Morgan fingerprint density at radius 1 is 1.00 bits per heavy atom. The van der Waals surface area contributed by atoms with Crippen molar-refractivity contribution >= 4 is 5.91 Å². The van der Waals surface area contributed by atoms with Crippen LogP contribution < -0.4 is 5.32 Å². The Kier molecular flexibility index (Phi) is 5.34. The van der Waals surface area contributed by atoms with Crippen LogP contribution in [0.2, 0.25) is 0 Å². The molecule has 2 aromatic carbocycles. The van der Waals surface area contributed by atoms with Gasteiger partial charge < -0.3 is 5.32 Å². The quantitative estimate of drug-likeness (QED) is 0.860. The van der Waals surface area contributed by atoms with Crippen LogP contribution in [-0.2, 0) is 30.5 Å². The molecule has 24 heavy (non-hydrogen) atoms. The van der Waals surface area contributed by atoms with Crippen molar-refractivity contribution in [2.24, 2.45) is 0 Å². The first kappa shape index (κ1) is 16.8. The Morgan fingerprint density at radius 2 is 1.67 bits per heavy atom. The highest BCUT2D eigenvalue weighted by atomic mass is 16.1. The van der Waals surface area contributed by atoms with Crippen LogP contribution in [0, 0.1) is 0 Å². The lowest BCUT2D eigenvalue weighted by atomic mass is 9.89. The Balaban J connectivity index is 1.61. The van der Waals surface area contributed by atoms with Gasteiger partial charge in [-0.3, -0.25) is 4.79 Å². The number of benzene rings is 2. The van der Waals surface area contributed by atoms with Gasteiger partial charge in [0.15, 0.2) is 0 Å². The molecular formula is C22H27NO. The maximum atomic E-state index is 12.3. The molecule has 1 atom stereocenters. The van der Waals surface area contributed by atoms with E-state index in [9.17, 15) is 4.79 Å². The minimum absolute atomic E-state index is 0.0552. The zero-order chi connectivity index (χ0) is 16.9. The molecule has 3 rings (SSSR count). The highest BCUT2D eigenvalue weighted by molar-refractivity contribution is 5.79. The molecule has 0 unspecified atom stereocenters. The van der Waals surface area contributed by atoms with E-state index in [2.05, 4.69) is 61.6 Å². The second kappa shape index (κ2) is 7.65. The third kappa shape index (κ3) is 4.05. The molecule has 0 saturated heterocycles. The van der Waals surface area contributed by atoms with E-state index in [4.69, 9.17) is 0 Å². The number of nitrogens with one attached hydrogen (secondary N) is 1. The first-order chi connectivity index (χ1) is 11.7. The van der Waals surface area contributed by atoms with Gasteiger partial charge in [0, 0.05) is 0 Å².